The normalized spacial score (nSPS) is 22.1. The average molecular weight is 311 g/mol. The zero-order valence-corrected chi connectivity index (χ0v) is 12.2. The van der Waals surface area contributed by atoms with Crippen LogP contribution in [0.3, 0.4) is 0 Å². The van der Waals surface area contributed by atoms with Crippen LogP contribution in [0.1, 0.15) is 37.8 Å². The Balaban J connectivity index is 1.99. The molecule has 0 radical (unpaired) electrons. The highest BCUT2D eigenvalue weighted by Crippen LogP contribution is 2.18. The van der Waals surface area contributed by atoms with Crippen LogP contribution in [0.15, 0.2) is 28.7 Å². The summed E-state index contributed by atoms with van der Waals surface area (Å²) in [6.07, 6.45) is 3.10. The Morgan fingerprint density at radius 1 is 1.33 bits per heavy atom. The molecule has 2 unspecified atom stereocenters. The van der Waals surface area contributed by atoms with Gasteiger partial charge in [-0.15, -0.1) is 0 Å². The molecule has 2 N–H and O–H groups in total. The molecular formula is C14H19BrN2O. The summed E-state index contributed by atoms with van der Waals surface area (Å²) in [6.45, 7) is 2.91. The van der Waals surface area contributed by atoms with Gasteiger partial charge >= 0.3 is 0 Å². The van der Waals surface area contributed by atoms with Crippen molar-refractivity contribution in [2.45, 2.75) is 38.3 Å². The molecule has 1 aliphatic rings. The molecule has 2 rings (SSSR count). The minimum atomic E-state index is -0.0638. The number of halogens is 1. The van der Waals surface area contributed by atoms with Crippen LogP contribution in [-0.4, -0.2) is 18.5 Å². The van der Waals surface area contributed by atoms with E-state index in [0.29, 0.717) is 0 Å². The summed E-state index contributed by atoms with van der Waals surface area (Å²) in [4.78, 5) is 11.9. The number of carbonyl (C=O) groups is 1. The molecule has 1 aromatic carbocycles. The van der Waals surface area contributed by atoms with Crippen molar-refractivity contribution >= 4 is 21.8 Å². The van der Waals surface area contributed by atoms with Crippen molar-refractivity contribution in [1.82, 2.24) is 10.6 Å². The van der Waals surface area contributed by atoms with Crippen LogP contribution in [0.25, 0.3) is 0 Å². The average Bonchev–Trinajstić information content (AvgIpc) is 2.56. The van der Waals surface area contributed by atoms with Gasteiger partial charge in [-0.25, -0.2) is 0 Å². The number of rotatable bonds is 3. The Labute approximate surface area is 116 Å². The first-order valence-electron chi connectivity index (χ1n) is 6.46. The van der Waals surface area contributed by atoms with Crippen molar-refractivity contribution in [3.8, 4) is 0 Å². The Kier molecular flexibility index (Phi) is 4.78. The van der Waals surface area contributed by atoms with E-state index in [1.807, 2.05) is 12.1 Å². The fourth-order valence-electron chi connectivity index (χ4n) is 2.25. The molecule has 4 heteroatoms. The highest BCUT2D eigenvalue weighted by molar-refractivity contribution is 9.10. The molecule has 1 amide bonds. The molecule has 18 heavy (non-hydrogen) atoms. The van der Waals surface area contributed by atoms with Crippen LogP contribution in [0.5, 0.6) is 0 Å². The zero-order valence-electron chi connectivity index (χ0n) is 10.6. The van der Waals surface area contributed by atoms with Gasteiger partial charge in [0.15, 0.2) is 0 Å². The van der Waals surface area contributed by atoms with E-state index >= 15 is 0 Å². The van der Waals surface area contributed by atoms with Crippen molar-refractivity contribution in [2.24, 2.45) is 0 Å². The van der Waals surface area contributed by atoms with Crippen LogP contribution in [-0.2, 0) is 4.79 Å². The van der Waals surface area contributed by atoms with Crippen LogP contribution >= 0.6 is 15.9 Å². The summed E-state index contributed by atoms with van der Waals surface area (Å²) in [7, 11) is 0. The lowest BCUT2D eigenvalue weighted by atomic mass is 10.1. The van der Waals surface area contributed by atoms with Gasteiger partial charge in [0.25, 0.3) is 0 Å². The lowest BCUT2D eigenvalue weighted by Crippen LogP contribution is -2.43. The van der Waals surface area contributed by atoms with E-state index in [1.165, 1.54) is 5.56 Å². The molecule has 1 saturated heterocycles. The smallest absolute Gasteiger partial charge is 0.237 e. The van der Waals surface area contributed by atoms with Crippen LogP contribution < -0.4 is 10.6 Å². The summed E-state index contributed by atoms with van der Waals surface area (Å²) in [5.74, 6) is 0.136. The summed E-state index contributed by atoms with van der Waals surface area (Å²) in [6, 6.07) is 8.34. The number of hydrogen-bond donors (Lipinski definition) is 2. The Morgan fingerprint density at radius 3 is 2.78 bits per heavy atom. The van der Waals surface area contributed by atoms with Crippen LogP contribution in [0.2, 0.25) is 0 Å². The van der Waals surface area contributed by atoms with Gasteiger partial charge in [0.2, 0.25) is 5.91 Å². The standard InChI is InChI=1S/C14H19BrN2O/c1-10(11-5-7-12(15)8-6-11)17-13-4-2-3-9-16-14(13)18/h5-8,10,13,17H,2-4,9H2,1H3,(H,16,18). The molecule has 3 nitrogen and oxygen atoms in total. The second-order valence-corrected chi connectivity index (χ2v) is 5.69. The van der Waals surface area contributed by atoms with E-state index in [1.54, 1.807) is 0 Å². The van der Waals surface area contributed by atoms with Gasteiger partial charge in [-0.1, -0.05) is 28.1 Å². The summed E-state index contributed by atoms with van der Waals surface area (Å²) < 4.78 is 1.07. The molecule has 0 aromatic heterocycles. The number of benzene rings is 1. The quantitative estimate of drug-likeness (QED) is 0.901. The van der Waals surface area contributed by atoms with Gasteiger partial charge in [0, 0.05) is 17.1 Å². The lowest BCUT2D eigenvalue weighted by molar-refractivity contribution is -0.123. The molecule has 1 aromatic rings. The van der Waals surface area contributed by atoms with E-state index in [4.69, 9.17) is 0 Å². The summed E-state index contributed by atoms with van der Waals surface area (Å²) >= 11 is 3.43. The second-order valence-electron chi connectivity index (χ2n) is 4.78. The minimum absolute atomic E-state index is 0.0638. The van der Waals surface area contributed by atoms with Gasteiger partial charge in [-0.3, -0.25) is 10.1 Å². The summed E-state index contributed by atoms with van der Waals surface area (Å²) in [5.41, 5.74) is 1.20. The first-order chi connectivity index (χ1) is 8.66. The maximum absolute atomic E-state index is 11.9. The number of hydrogen-bond acceptors (Lipinski definition) is 2. The number of carbonyl (C=O) groups excluding carboxylic acids is 1. The van der Waals surface area contributed by atoms with E-state index in [0.717, 1.165) is 30.3 Å². The molecular weight excluding hydrogens is 292 g/mol. The van der Waals surface area contributed by atoms with E-state index in [-0.39, 0.29) is 18.0 Å². The highest BCUT2D eigenvalue weighted by atomic mass is 79.9. The molecule has 1 heterocycles. The predicted octanol–water partition coefficient (Wildman–Crippen LogP) is 2.77. The van der Waals surface area contributed by atoms with E-state index in [2.05, 4.69) is 45.6 Å². The maximum atomic E-state index is 11.9. The molecule has 1 aliphatic heterocycles. The van der Waals surface area contributed by atoms with Crippen molar-refractivity contribution in [1.29, 1.82) is 0 Å². The Bertz CT molecular complexity index is 405. The number of nitrogens with one attached hydrogen (secondary N) is 2. The van der Waals surface area contributed by atoms with Crippen LogP contribution in [0.4, 0.5) is 0 Å². The minimum Gasteiger partial charge on any atom is -0.355 e. The van der Waals surface area contributed by atoms with E-state index < -0.39 is 0 Å². The number of amides is 1. The van der Waals surface area contributed by atoms with Crippen molar-refractivity contribution in [3.05, 3.63) is 34.3 Å². The third-order valence-electron chi connectivity index (χ3n) is 3.36. The van der Waals surface area contributed by atoms with Gasteiger partial charge in [0.1, 0.15) is 0 Å². The topological polar surface area (TPSA) is 41.1 Å². The first-order valence-corrected chi connectivity index (χ1v) is 7.25. The van der Waals surface area contributed by atoms with Crippen molar-refractivity contribution < 1.29 is 4.79 Å². The van der Waals surface area contributed by atoms with Gasteiger partial charge in [-0.05, 0) is 43.9 Å². The van der Waals surface area contributed by atoms with Crippen molar-refractivity contribution in [2.75, 3.05) is 6.54 Å². The monoisotopic (exact) mass is 310 g/mol. The third-order valence-corrected chi connectivity index (χ3v) is 3.89. The first kappa shape index (κ1) is 13.6. The molecule has 0 saturated carbocycles. The molecule has 0 bridgehead atoms. The SMILES string of the molecule is CC(NC1CCCCNC1=O)c1ccc(Br)cc1. The maximum Gasteiger partial charge on any atom is 0.237 e. The predicted molar refractivity (Wildman–Crippen MR) is 76.3 cm³/mol. The molecule has 0 spiro atoms. The van der Waals surface area contributed by atoms with Gasteiger partial charge in [-0.2, -0.15) is 0 Å². The fraction of sp³-hybridized carbons (Fsp3) is 0.500. The van der Waals surface area contributed by atoms with Crippen LogP contribution in [0, 0.1) is 0 Å². The van der Waals surface area contributed by atoms with E-state index in [9.17, 15) is 4.79 Å². The Hall–Kier alpha value is -0.870. The fourth-order valence-corrected chi connectivity index (χ4v) is 2.51. The lowest BCUT2D eigenvalue weighted by Gasteiger charge is -2.21. The van der Waals surface area contributed by atoms with Gasteiger partial charge < -0.3 is 5.32 Å². The third kappa shape index (κ3) is 3.56. The highest BCUT2D eigenvalue weighted by Gasteiger charge is 2.22. The largest absolute Gasteiger partial charge is 0.355 e. The second kappa shape index (κ2) is 6.34. The summed E-state index contributed by atoms with van der Waals surface area (Å²) in [5, 5.41) is 6.37. The van der Waals surface area contributed by atoms with Crippen molar-refractivity contribution in [3.63, 3.8) is 0 Å². The Morgan fingerprint density at radius 2 is 2.06 bits per heavy atom. The van der Waals surface area contributed by atoms with Gasteiger partial charge in [0.05, 0.1) is 6.04 Å². The zero-order chi connectivity index (χ0) is 13.0. The molecule has 0 aliphatic carbocycles. The molecule has 98 valence electrons. The molecule has 1 fully saturated rings. The molecule has 2 atom stereocenters.